The van der Waals surface area contributed by atoms with Gasteiger partial charge in [-0.05, 0) is 50.0 Å². The molecule has 28 heavy (non-hydrogen) atoms. The van der Waals surface area contributed by atoms with E-state index >= 15 is 0 Å². The maximum atomic E-state index is 14.0. The molecule has 5 aliphatic rings. The highest BCUT2D eigenvalue weighted by Crippen LogP contribution is 2.77. The first-order valence-electron chi connectivity index (χ1n) is 11.4. The van der Waals surface area contributed by atoms with Crippen LogP contribution in [0.4, 0.5) is 0 Å². The Morgan fingerprint density at radius 1 is 1.11 bits per heavy atom. The van der Waals surface area contributed by atoms with Crippen LogP contribution in [0.1, 0.15) is 46.0 Å². The Balaban J connectivity index is 1.75. The minimum Gasteiger partial charge on any atom is -0.381 e. The number of carbonyl (C=O) groups excluding carboxylic acids is 1. The Morgan fingerprint density at radius 2 is 1.89 bits per heavy atom. The molecular formula is C23H37NO4. The van der Waals surface area contributed by atoms with E-state index in [0.29, 0.717) is 41.8 Å². The monoisotopic (exact) mass is 391 g/mol. The molecule has 0 heterocycles. The third-order valence-electron chi connectivity index (χ3n) is 9.97. The van der Waals surface area contributed by atoms with Crippen LogP contribution < -0.4 is 5.32 Å². The SMILES string of the molecule is CCN[C@@H]1[C@]23C[C@H](OC)[C@H]4C[C@H]([C@@H]2[C@H]4OC)[C@@]12[C@@H](OC)CC[C@@H](C)[C@H]2CC3=O. The number of methoxy groups -OCH3 is 3. The van der Waals surface area contributed by atoms with Crippen molar-refractivity contribution in [2.24, 2.45) is 40.4 Å². The number of fused-ring (bicyclic) bond motifs is 1. The van der Waals surface area contributed by atoms with Crippen molar-refractivity contribution in [1.29, 1.82) is 0 Å². The van der Waals surface area contributed by atoms with E-state index in [1.165, 1.54) is 6.42 Å². The van der Waals surface area contributed by atoms with Crippen molar-refractivity contribution in [2.75, 3.05) is 27.9 Å². The van der Waals surface area contributed by atoms with Crippen molar-refractivity contribution in [3.63, 3.8) is 0 Å². The molecule has 11 atom stereocenters. The number of hydrogen-bond acceptors (Lipinski definition) is 5. The Morgan fingerprint density at radius 3 is 2.54 bits per heavy atom. The van der Waals surface area contributed by atoms with Gasteiger partial charge in [-0.3, -0.25) is 4.79 Å². The van der Waals surface area contributed by atoms with Gasteiger partial charge >= 0.3 is 0 Å². The van der Waals surface area contributed by atoms with E-state index in [1.807, 2.05) is 21.3 Å². The highest BCUT2D eigenvalue weighted by atomic mass is 16.5. The van der Waals surface area contributed by atoms with Crippen molar-refractivity contribution >= 4 is 5.78 Å². The molecule has 5 saturated carbocycles. The van der Waals surface area contributed by atoms with E-state index in [9.17, 15) is 4.79 Å². The van der Waals surface area contributed by atoms with E-state index in [0.717, 1.165) is 25.8 Å². The van der Waals surface area contributed by atoms with Gasteiger partial charge in [-0.1, -0.05) is 13.8 Å². The molecule has 5 rings (SSSR count). The third kappa shape index (κ3) is 1.96. The lowest BCUT2D eigenvalue weighted by Crippen LogP contribution is -2.70. The summed E-state index contributed by atoms with van der Waals surface area (Å²) in [6.07, 6.45) is 5.43. The second-order valence-electron chi connectivity index (χ2n) is 10.3. The average Bonchev–Trinajstić information content (AvgIpc) is 3.09. The minimum atomic E-state index is -0.362. The van der Waals surface area contributed by atoms with Crippen LogP contribution >= 0.6 is 0 Å². The van der Waals surface area contributed by atoms with Crippen molar-refractivity contribution in [3.8, 4) is 0 Å². The molecule has 4 bridgehead atoms. The fourth-order valence-corrected chi connectivity index (χ4v) is 9.39. The van der Waals surface area contributed by atoms with Crippen LogP contribution in [-0.4, -0.2) is 58.0 Å². The molecule has 0 aromatic heterocycles. The Bertz CT molecular complexity index is 655. The lowest BCUT2D eigenvalue weighted by molar-refractivity contribution is -0.186. The Kier molecular flexibility index (Phi) is 4.52. The number of Topliss-reactive ketones (excluding diaryl/α,β-unsaturated/α-hetero) is 1. The van der Waals surface area contributed by atoms with Crippen LogP contribution in [0.3, 0.4) is 0 Å². The molecule has 0 saturated heterocycles. The normalized spacial score (nSPS) is 56.8. The first-order valence-corrected chi connectivity index (χ1v) is 11.4. The van der Waals surface area contributed by atoms with Crippen molar-refractivity contribution in [2.45, 2.75) is 70.3 Å². The molecule has 0 unspecified atom stereocenters. The lowest BCUT2D eigenvalue weighted by Gasteiger charge is -2.61. The maximum absolute atomic E-state index is 14.0. The van der Waals surface area contributed by atoms with Gasteiger partial charge in [-0.15, -0.1) is 0 Å². The van der Waals surface area contributed by atoms with Crippen LogP contribution in [0.5, 0.6) is 0 Å². The number of carbonyl (C=O) groups is 1. The summed E-state index contributed by atoms with van der Waals surface area (Å²) in [6.45, 7) is 5.44. The first kappa shape index (κ1) is 19.5. The van der Waals surface area contributed by atoms with Crippen molar-refractivity contribution < 1.29 is 19.0 Å². The smallest absolute Gasteiger partial charge is 0.141 e. The molecular weight excluding hydrogens is 354 g/mol. The van der Waals surface area contributed by atoms with E-state index in [1.54, 1.807) is 0 Å². The molecule has 0 amide bonds. The second-order valence-corrected chi connectivity index (χ2v) is 10.3. The van der Waals surface area contributed by atoms with Gasteiger partial charge in [0.1, 0.15) is 5.78 Å². The van der Waals surface area contributed by atoms with Crippen LogP contribution in [0.15, 0.2) is 0 Å². The Hall–Kier alpha value is -0.490. The summed E-state index contributed by atoms with van der Waals surface area (Å²) >= 11 is 0. The molecule has 0 aromatic rings. The van der Waals surface area contributed by atoms with Crippen LogP contribution in [0.2, 0.25) is 0 Å². The van der Waals surface area contributed by atoms with Crippen LogP contribution in [-0.2, 0) is 19.0 Å². The van der Waals surface area contributed by atoms with E-state index in [2.05, 4.69) is 19.2 Å². The van der Waals surface area contributed by atoms with Gasteiger partial charge < -0.3 is 19.5 Å². The zero-order valence-electron chi connectivity index (χ0n) is 18.1. The summed E-state index contributed by atoms with van der Waals surface area (Å²) < 4.78 is 18.4. The highest BCUT2D eigenvalue weighted by Gasteiger charge is 2.83. The number of hydrogen-bond donors (Lipinski definition) is 1. The Labute approximate surface area is 169 Å². The summed E-state index contributed by atoms with van der Waals surface area (Å²) in [5.74, 6) is 2.65. The molecule has 1 N–H and O–H groups in total. The summed E-state index contributed by atoms with van der Waals surface area (Å²) in [5, 5.41) is 3.87. The first-order chi connectivity index (χ1) is 13.5. The van der Waals surface area contributed by atoms with Gasteiger partial charge in [-0.25, -0.2) is 0 Å². The molecule has 5 heteroatoms. The molecule has 5 nitrogen and oxygen atoms in total. The number of ether oxygens (including phenoxy) is 3. The fourth-order valence-electron chi connectivity index (χ4n) is 9.39. The summed E-state index contributed by atoms with van der Waals surface area (Å²) in [7, 11) is 5.55. The van der Waals surface area contributed by atoms with Crippen LogP contribution in [0, 0.1) is 40.4 Å². The van der Waals surface area contributed by atoms with E-state index in [4.69, 9.17) is 14.2 Å². The maximum Gasteiger partial charge on any atom is 0.141 e. The quantitative estimate of drug-likeness (QED) is 0.781. The van der Waals surface area contributed by atoms with Crippen molar-refractivity contribution in [1.82, 2.24) is 5.32 Å². The lowest BCUT2D eigenvalue weighted by atomic mass is 9.46. The topological polar surface area (TPSA) is 56.8 Å². The number of ketones is 1. The summed E-state index contributed by atoms with van der Waals surface area (Å²) in [6, 6.07) is 0.176. The van der Waals surface area contributed by atoms with E-state index in [-0.39, 0.29) is 35.2 Å². The molecule has 0 aliphatic heterocycles. The number of rotatable bonds is 5. The zero-order chi connectivity index (χ0) is 19.8. The standard InChI is InChI=1S/C23H37NO4/c1-6-24-21-22-11-16(26-3)13-9-15(19(22)20(13)28-5)23(21)14(10-17(22)25)12(2)7-8-18(23)27-4/h12-16,18-21,24H,6-11H2,1-5H3/t12-,13-,14-,15-,16+,18+,19-,20+,21-,22+,23+/m1/s1. The third-order valence-corrected chi connectivity index (χ3v) is 9.97. The van der Waals surface area contributed by atoms with Crippen LogP contribution in [0.25, 0.3) is 0 Å². The highest BCUT2D eigenvalue weighted by molar-refractivity contribution is 5.89. The van der Waals surface area contributed by atoms with E-state index < -0.39 is 0 Å². The van der Waals surface area contributed by atoms with Gasteiger partial charge in [0.15, 0.2) is 0 Å². The average molecular weight is 392 g/mol. The zero-order valence-corrected chi connectivity index (χ0v) is 18.1. The summed E-state index contributed by atoms with van der Waals surface area (Å²) in [5.41, 5.74) is -0.315. The molecule has 0 radical (unpaired) electrons. The van der Waals surface area contributed by atoms with Gasteiger partial charge in [0.25, 0.3) is 0 Å². The molecule has 2 spiro atoms. The molecule has 158 valence electrons. The van der Waals surface area contributed by atoms with Gasteiger partial charge in [-0.2, -0.15) is 0 Å². The molecule has 5 fully saturated rings. The second kappa shape index (κ2) is 6.50. The number of nitrogens with one attached hydrogen (secondary N) is 1. The fraction of sp³-hybridized carbons (Fsp3) is 0.957. The van der Waals surface area contributed by atoms with Gasteiger partial charge in [0.05, 0.1) is 23.7 Å². The predicted octanol–water partition coefficient (Wildman–Crippen LogP) is 2.67. The molecule has 0 aromatic carbocycles. The molecule has 5 aliphatic carbocycles. The van der Waals surface area contributed by atoms with Crippen molar-refractivity contribution in [3.05, 3.63) is 0 Å². The summed E-state index contributed by atoms with van der Waals surface area (Å²) in [4.78, 5) is 14.0. The minimum absolute atomic E-state index is 0.0469. The van der Waals surface area contributed by atoms with Gasteiger partial charge in [0, 0.05) is 51.0 Å². The van der Waals surface area contributed by atoms with Gasteiger partial charge in [0.2, 0.25) is 0 Å². The largest absolute Gasteiger partial charge is 0.381 e. The predicted molar refractivity (Wildman–Crippen MR) is 106 cm³/mol.